The van der Waals surface area contributed by atoms with Gasteiger partial charge in [0.25, 0.3) is 10.0 Å². The van der Waals surface area contributed by atoms with Gasteiger partial charge in [-0.15, -0.1) is 11.3 Å². The Balaban J connectivity index is 2.56. The minimum absolute atomic E-state index is 0.277. The molecule has 0 saturated carbocycles. The number of carbonyl (C=O) groups is 2. The monoisotopic (exact) mass is 288 g/mol. The van der Waals surface area contributed by atoms with Crippen LogP contribution in [0.15, 0.2) is 11.4 Å². The van der Waals surface area contributed by atoms with Crippen LogP contribution in [0, 0.1) is 0 Å². The molecule has 1 aliphatic heterocycles. The Morgan fingerprint density at radius 3 is 2.83 bits per heavy atom. The molecule has 18 heavy (non-hydrogen) atoms. The van der Waals surface area contributed by atoms with Crippen molar-refractivity contribution in [1.29, 1.82) is 0 Å². The first kappa shape index (κ1) is 13.0. The molecular weight excluding hydrogens is 276 g/mol. The Morgan fingerprint density at radius 1 is 1.56 bits per heavy atom. The fraction of sp³-hybridized carbons (Fsp3) is 0.400. The smallest absolute Gasteiger partial charge is 0.254 e. The van der Waals surface area contributed by atoms with Gasteiger partial charge in [0.15, 0.2) is 0 Å². The molecule has 8 heteroatoms. The molecule has 1 aromatic rings. The largest absolute Gasteiger partial charge is 0.355 e. The SMILES string of the molecule is CCNC(=O)[C@H]1C(=O)c2sccc2N(C)S1(=O)=O. The first-order valence-corrected chi connectivity index (χ1v) is 7.66. The number of rotatable bonds is 2. The van der Waals surface area contributed by atoms with E-state index in [1.807, 2.05) is 0 Å². The number of amides is 1. The topological polar surface area (TPSA) is 83.6 Å². The van der Waals surface area contributed by atoms with Crippen LogP contribution in [-0.4, -0.2) is 39.0 Å². The van der Waals surface area contributed by atoms with Crippen molar-refractivity contribution in [2.45, 2.75) is 12.2 Å². The first-order chi connectivity index (χ1) is 8.41. The van der Waals surface area contributed by atoms with Crippen LogP contribution in [0.5, 0.6) is 0 Å². The molecule has 0 fully saturated rings. The maximum absolute atomic E-state index is 12.1. The lowest BCUT2D eigenvalue weighted by Crippen LogP contribution is -2.53. The predicted molar refractivity (Wildman–Crippen MR) is 68.4 cm³/mol. The fourth-order valence-electron chi connectivity index (χ4n) is 1.81. The second-order valence-electron chi connectivity index (χ2n) is 3.79. The lowest BCUT2D eigenvalue weighted by molar-refractivity contribution is -0.119. The number of nitrogens with one attached hydrogen (secondary N) is 1. The van der Waals surface area contributed by atoms with Crippen molar-refractivity contribution in [1.82, 2.24) is 5.32 Å². The number of thiophene rings is 1. The van der Waals surface area contributed by atoms with Gasteiger partial charge in [-0.2, -0.15) is 0 Å². The average Bonchev–Trinajstić information content (AvgIpc) is 2.75. The van der Waals surface area contributed by atoms with E-state index in [1.54, 1.807) is 18.4 Å². The van der Waals surface area contributed by atoms with Gasteiger partial charge in [0.1, 0.15) is 0 Å². The summed E-state index contributed by atoms with van der Waals surface area (Å²) in [7, 11) is -2.63. The number of nitrogens with zero attached hydrogens (tertiary/aromatic N) is 1. The van der Waals surface area contributed by atoms with Crippen molar-refractivity contribution >= 4 is 38.7 Å². The van der Waals surface area contributed by atoms with Crippen LogP contribution < -0.4 is 9.62 Å². The summed E-state index contributed by atoms with van der Waals surface area (Å²) in [6.45, 7) is 1.94. The third-order valence-electron chi connectivity index (χ3n) is 2.71. The van der Waals surface area contributed by atoms with Gasteiger partial charge in [0.05, 0.1) is 10.6 Å². The Morgan fingerprint density at radius 2 is 2.22 bits per heavy atom. The van der Waals surface area contributed by atoms with Crippen LogP contribution in [0.25, 0.3) is 0 Å². The molecular formula is C10H12N2O4S2. The highest BCUT2D eigenvalue weighted by Gasteiger charge is 2.48. The minimum atomic E-state index is -3.98. The highest BCUT2D eigenvalue weighted by Crippen LogP contribution is 2.35. The van der Waals surface area contributed by atoms with Crippen LogP contribution >= 0.6 is 11.3 Å². The Hall–Kier alpha value is -1.41. The predicted octanol–water partition coefficient (Wildman–Crippen LogP) is 0.215. The van der Waals surface area contributed by atoms with Gasteiger partial charge in [0, 0.05) is 13.6 Å². The fourth-order valence-corrected chi connectivity index (χ4v) is 4.32. The molecule has 0 aliphatic carbocycles. The summed E-state index contributed by atoms with van der Waals surface area (Å²) in [5.74, 6) is -1.42. The molecule has 98 valence electrons. The van der Waals surface area contributed by atoms with Crippen molar-refractivity contribution in [3.05, 3.63) is 16.3 Å². The molecule has 0 spiro atoms. The van der Waals surface area contributed by atoms with Gasteiger partial charge in [-0.05, 0) is 18.4 Å². The number of hydrogen-bond acceptors (Lipinski definition) is 5. The van der Waals surface area contributed by atoms with Gasteiger partial charge in [-0.25, -0.2) is 8.42 Å². The van der Waals surface area contributed by atoms with E-state index in [1.165, 1.54) is 7.05 Å². The number of Topliss-reactive ketones (excluding diaryl/α,β-unsaturated/α-hetero) is 1. The van der Waals surface area contributed by atoms with Crippen LogP contribution in [0.4, 0.5) is 5.69 Å². The summed E-state index contributed by atoms with van der Waals surface area (Å²) >= 11 is 1.14. The summed E-state index contributed by atoms with van der Waals surface area (Å²) in [6, 6.07) is 1.56. The lowest BCUT2D eigenvalue weighted by Gasteiger charge is -2.28. The summed E-state index contributed by atoms with van der Waals surface area (Å²) in [5, 5.41) is 2.34. The molecule has 1 aliphatic rings. The summed E-state index contributed by atoms with van der Waals surface area (Å²) < 4.78 is 25.3. The molecule has 0 aromatic carbocycles. The molecule has 2 rings (SSSR count). The standard InChI is InChI=1S/C10H12N2O4S2/c1-3-11-10(14)9-7(13)8-6(4-5-17-8)12(2)18(9,15)16/h4-5,9H,3H2,1-2H3,(H,11,14)/t9-/m1/s1. The molecule has 0 bridgehead atoms. The highest BCUT2D eigenvalue weighted by molar-refractivity contribution is 7.95. The molecule has 2 heterocycles. The average molecular weight is 288 g/mol. The van der Waals surface area contributed by atoms with E-state index in [0.717, 1.165) is 15.6 Å². The number of anilines is 1. The summed E-state index contributed by atoms with van der Waals surface area (Å²) in [4.78, 5) is 24.2. The van der Waals surface area contributed by atoms with Crippen LogP contribution in [0.1, 0.15) is 16.6 Å². The van der Waals surface area contributed by atoms with Gasteiger partial charge in [-0.3, -0.25) is 13.9 Å². The molecule has 1 atom stereocenters. The van der Waals surface area contributed by atoms with E-state index in [0.29, 0.717) is 10.6 Å². The second kappa shape index (κ2) is 4.36. The summed E-state index contributed by atoms with van der Waals surface area (Å²) in [6.07, 6.45) is 0. The Kier molecular flexibility index (Phi) is 3.16. The number of hydrogen-bond donors (Lipinski definition) is 1. The van der Waals surface area contributed by atoms with Crippen molar-refractivity contribution in [2.75, 3.05) is 17.9 Å². The molecule has 1 aromatic heterocycles. The minimum Gasteiger partial charge on any atom is -0.355 e. The highest BCUT2D eigenvalue weighted by atomic mass is 32.2. The molecule has 1 amide bonds. The first-order valence-electron chi connectivity index (χ1n) is 5.28. The zero-order chi connectivity index (χ0) is 13.5. The number of fused-ring (bicyclic) bond motifs is 1. The van der Waals surface area contributed by atoms with E-state index in [9.17, 15) is 18.0 Å². The molecule has 0 unspecified atom stereocenters. The maximum Gasteiger partial charge on any atom is 0.254 e. The Bertz CT molecular complexity index is 605. The van der Waals surface area contributed by atoms with Crippen molar-refractivity contribution in [2.24, 2.45) is 0 Å². The van der Waals surface area contributed by atoms with Crippen LogP contribution in [-0.2, 0) is 14.8 Å². The van der Waals surface area contributed by atoms with Crippen molar-refractivity contribution in [3.8, 4) is 0 Å². The zero-order valence-corrected chi connectivity index (χ0v) is 11.5. The van der Waals surface area contributed by atoms with Crippen LogP contribution in [0.2, 0.25) is 0 Å². The van der Waals surface area contributed by atoms with E-state index < -0.39 is 27.0 Å². The van der Waals surface area contributed by atoms with Gasteiger partial charge in [-0.1, -0.05) is 0 Å². The van der Waals surface area contributed by atoms with E-state index in [4.69, 9.17) is 0 Å². The third kappa shape index (κ3) is 1.72. The van der Waals surface area contributed by atoms with E-state index in [-0.39, 0.29) is 6.54 Å². The Labute approximate surface area is 109 Å². The third-order valence-corrected chi connectivity index (χ3v) is 5.62. The van der Waals surface area contributed by atoms with Crippen molar-refractivity contribution in [3.63, 3.8) is 0 Å². The van der Waals surface area contributed by atoms with Gasteiger partial charge in [0.2, 0.25) is 16.9 Å². The summed E-state index contributed by atoms with van der Waals surface area (Å²) in [5.41, 5.74) is 0.338. The lowest BCUT2D eigenvalue weighted by atomic mass is 10.2. The number of carbonyl (C=O) groups excluding carboxylic acids is 2. The maximum atomic E-state index is 12.1. The van der Waals surface area contributed by atoms with Crippen LogP contribution in [0.3, 0.4) is 0 Å². The van der Waals surface area contributed by atoms with E-state index in [2.05, 4.69) is 5.32 Å². The number of sulfonamides is 1. The molecule has 6 nitrogen and oxygen atoms in total. The second-order valence-corrected chi connectivity index (χ2v) is 6.75. The molecule has 0 radical (unpaired) electrons. The van der Waals surface area contributed by atoms with Gasteiger partial charge >= 0.3 is 0 Å². The molecule has 0 saturated heterocycles. The normalized spacial score (nSPS) is 21.6. The van der Waals surface area contributed by atoms with E-state index >= 15 is 0 Å². The molecule has 1 N–H and O–H groups in total. The number of ketones is 1. The zero-order valence-electron chi connectivity index (χ0n) is 9.84. The quantitative estimate of drug-likeness (QED) is 0.789. The van der Waals surface area contributed by atoms with Gasteiger partial charge < -0.3 is 5.32 Å². The van der Waals surface area contributed by atoms with Crippen molar-refractivity contribution < 1.29 is 18.0 Å².